The quantitative estimate of drug-likeness (QED) is 0.723. The minimum atomic E-state index is -1.00. The summed E-state index contributed by atoms with van der Waals surface area (Å²) in [5, 5.41) is 13.1. The highest BCUT2D eigenvalue weighted by Crippen LogP contribution is 2.27. The Labute approximate surface area is 138 Å². The average molecular weight is 327 g/mol. The standard InChI is InChI=1S/C17H17N3O4/c1-18-12-4-6-16(19-9-12)24-13-5-3-11-7-15(17(21)22)20(10-23-2)14(11)8-13/h3-9,18H,10H2,1-2H3,(H,21,22). The molecule has 0 aliphatic rings. The Balaban J connectivity index is 1.97. The van der Waals surface area contributed by atoms with Crippen LogP contribution in [0, 0.1) is 0 Å². The van der Waals surface area contributed by atoms with Gasteiger partial charge in [0, 0.05) is 31.7 Å². The maximum Gasteiger partial charge on any atom is 0.352 e. The number of aromatic nitrogens is 2. The van der Waals surface area contributed by atoms with E-state index < -0.39 is 5.97 Å². The molecule has 2 N–H and O–H groups in total. The lowest BCUT2D eigenvalue weighted by Gasteiger charge is -2.09. The Kier molecular flexibility index (Phi) is 4.35. The SMILES string of the molecule is CNc1ccc(Oc2ccc3cc(C(=O)O)n(COC)c3c2)nc1. The number of carboxylic acids is 1. The molecule has 0 saturated carbocycles. The van der Waals surface area contributed by atoms with E-state index in [1.807, 2.05) is 19.2 Å². The number of carboxylic acid groups (broad SMARTS) is 1. The lowest BCUT2D eigenvalue weighted by Crippen LogP contribution is -2.09. The number of hydrogen-bond acceptors (Lipinski definition) is 5. The summed E-state index contributed by atoms with van der Waals surface area (Å²) in [5.74, 6) is 0.0197. The molecule has 3 aromatic rings. The molecule has 0 atom stereocenters. The van der Waals surface area contributed by atoms with E-state index in [1.54, 1.807) is 35.0 Å². The molecule has 0 unspecified atom stereocenters. The summed E-state index contributed by atoms with van der Waals surface area (Å²) in [4.78, 5) is 15.6. The molecular weight excluding hydrogens is 310 g/mol. The Bertz CT molecular complexity index is 871. The predicted octanol–water partition coefficient (Wildman–Crippen LogP) is 3.17. The number of carbonyl (C=O) groups is 1. The minimum Gasteiger partial charge on any atom is -0.477 e. The van der Waals surface area contributed by atoms with Crippen LogP contribution >= 0.6 is 0 Å². The van der Waals surface area contributed by atoms with Crippen molar-refractivity contribution in [3.63, 3.8) is 0 Å². The molecule has 24 heavy (non-hydrogen) atoms. The second-order valence-electron chi connectivity index (χ2n) is 5.14. The maximum atomic E-state index is 11.4. The highest BCUT2D eigenvalue weighted by atomic mass is 16.5. The summed E-state index contributed by atoms with van der Waals surface area (Å²) < 4.78 is 12.4. The zero-order valence-corrected chi connectivity index (χ0v) is 13.3. The number of nitrogens with zero attached hydrogens (tertiary/aromatic N) is 2. The van der Waals surface area contributed by atoms with Crippen molar-refractivity contribution in [3.05, 3.63) is 48.3 Å². The Hall–Kier alpha value is -3.06. The molecule has 0 spiro atoms. The molecule has 0 aliphatic carbocycles. The third kappa shape index (κ3) is 3.02. The number of fused-ring (bicyclic) bond motifs is 1. The predicted molar refractivity (Wildman–Crippen MR) is 89.8 cm³/mol. The van der Waals surface area contributed by atoms with E-state index >= 15 is 0 Å². The van der Waals surface area contributed by atoms with Gasteiger partial charge in [-0.05, 0) is 24.3 Å². The highest BCUT2D eigenvalue weighted by Gasteiger charge is 2.15. The van der Waals surface area contributed by atoms with E-state index in [4.69, 9.17) is 9.47 Å². The molecule has 2 aromatic heterocycles. The van der Waals surface area contributed by atoms with Crippen LogP contribution < -0.4 is 10.1 Å². The van der Waals surface area contributed by atoms with E-state index in [9.17, 15) is 9.90 Å². The van der Waals surface area contributed by atoms with Crippen molar-refractivity contribution in [1.29, 1.82) is 0 Å². The first-order valence-corrected chi connectivity index (χ1v) is 7.29. The summed E-state index contributed by atoms with van der Waals surface area (Å²) in [7, 11) is 3.33. The summed E-state index contributed by atoms with van der Waals surface area (Å²) in [6.07, 6.45) is 1.67. The number of nitrogens with one attached hydrogen (secondary N) is 1. The van der Waals surface area contributed by atoms with E-state index in [2.05, 4.69) is 10.3 Å². The molecule has 2 heterocycles. The van der Waals surface area contributed by atoms with Gasteiger partial charge in [-0.15, -0.1) is 0 Å². The van der Waals surface area contributed by atoms with Crippen LogP contribution in [0.15, 0.2) is 42.6 Å². The van der Waals surface area contributed by atoms with E-state index in [0.717, 1.165) is 16.6 Å². The fourth-order valence-electron chi connectivity index (χ4n) is 2.45. The number of pyridine rings is 1. The van der Waals surface area contributed by atoms with Gasteiger partial charge >= 0.3 is 5.97 Å². The van der Waals surface area contributed by atoms with Crippen LogP contribution in [0.25, 0.3) is 10.9 Å². The van der Waals surface area contributed by atoms with E-state index in [0.29, 0.717) is 11.6 Å². The van der Waals surface area contributed by atoms with Crippen molar-refractivity contribution in [1.82, 2.24) is 9.55 Å². The van der Waals surface area contributed by atoms with Crippen LogP contribution in [0.4, 0.5) is 5.69 Å². The summed E-state index contributed by atoms with van der Waals surface area (Å²) in [5.41, 5.74) is 1.77. The highest BCUT2D eigenvalue weighted by molar-refractivity contribution is 5.95. The molecule has 0 bridgehead atoms. The number of benzene rings is 1. The Morgan fingerprint density at radius 1 is 1.29 bits per heavy atom. The number of anilines is 1. The monoisotopic (exact) mass is 327 g/mol. The second kappa shape index (κ2) is 6.59. The summed E-state index contributed by atoms with van der Waals surface area (Å²) >= 11 is 0. The largest absolute Gasteiger partial charge is 0.477 e. The van der Waals surface area contributed by atoms with Gasteiger partial charge in [-0.3, -0.25) is 0 Å². The minimum absolute atomic E-state index is 0.143. The first-order valence-electron chi connectivity index (χ1n) is 7.29. The van der Waals surface area contributed by atoms with Gasteiger partial charge in [0.05, 0.1) is 17.4 Å². The molecule has 3 rings (SSSR count). The average Bonchev–Trinajstić information content (AvgIpc) is 2.94. The van der Waals surface area contributed by atoms with E-state index in [-0.39, 0.29) is 12.4 Å². The van der Waals surface area contributed by atoms with Crippen molar-refractivity contribution in [2.45, 2.75) is 6.73 Å². The topological polar surface area (TPSA) is 85.6 Å². The Morgan fingerprint density at radius 3 is 2.75 bits per heavy atom. The zero-order valence-electron chi connectivity index (χ0n) is 13.3. The summed E-state index contributed by atoms with van der Waals surface area (Å²) in [6, 6.07) is 10.6. The van der Waals surface area contributed by atoms with Gasteiger partial charge in [0.1, 0.15) is 18.2 Å². The van der Waals surface area contributed by atoms with Gasteiger partial charge < -0.3 is 24.5 Å². The van der Waals surface area contributed by atoms with Crippen LogP contribution in [0.2, 0.25) is 0 Å². The molecule has 0 radical (unpaired) electrons. The van der Waals surface area contributed by atoms with Gasteiger partial charge in [-0.25, -0.2) is 9.78 Å². The maximum absolute atomic E-state index is 11.4. The molecule has 0 aliphatic heterocycles. The van der Waals surface area contributed by atoms with Crippen molar-refractivity contribution in [2.75, 3.05) is 19.5 Å². The smallest absolute Gasteiger partial charge is 0.352 e. The van der Waals surface area contributed by atoms with Gasteiger partial charge in [0.15, 0.2) is 0 Å². The lowest BCUT2D eigenvalue weighted by atomic mass is 10.2. The van der Waals surface area contributed by atoms with Crippen LogP contribution in [0.3, 0.4) is 0 Å². The van der Waals surface area contributed by atoms with Crippen molar-refractivity contribution in [3.8, 4) is 11.6 Å². The van der Waals surface area contributed by atoms with Crippen molar-refractivity contribution < 1.29 is 19.4 Å². The van der Waals surface area contributed by atoms with Gasteiger partial charge in [0.2, 0.25) is 5.88 Å². The molecule has 0 saturated heterocycles. The summed E-state index contributed by atoms with van der Waals surface area (Å²) in [6.45, 7) is 0.143. The number of ether oxygens (including phenoxy) is 2. The normalized spacial score (nSPS) is 10.8. The third-order valence-electron chi connectivity index (χ3n) is 3.60. The number of methoxy groups -OCH3 is 1. The number of rotatable bonds is 6. The van der Waals surface area contributed by atoms with Crippen molar-refractivity contribution >= 4 is 22.6 Å². The first-order chi connectivity index (χ1) is 11.6. The number of aromatic carboxylic acids is 1. The van der Waals surface area contributed by atoms with Gasteiger partial charge in [0.25, 0.3) is 0 Å². The zero-order chi connectivity index (χ0) is 17.1. The van der Waals surface area contributed by atoms with Crippen molar-refractivity contribution in [2.24, 2.45) is 0 Å². The van der Waals surface area contributed by atoms with Crippen LogP contribution in [0.5, 0.6) is 11.6 Å². The molecule has 0 amide bonds. The van der Waals surface area contributed by atoms with Crippen LogP contribution in [-0.4, -0.2) is 34.8 Å². The molecule has 1 aromatic carbocycles. The first kappa shape index (κ1) is 15.8. The second-order valence-corrected chi connectivity index (χ2v) is 5.14. The third-order valence-corrected chi connectivity index (χ3v) is 3.60. The van der Waals surface area contributed by atoms with Gasteiger partial charge in [-0.2, -0.15) is 0 Å². The Morgan fingerprint density at radius 2 is 2.12 bits per heavy atom. The molecular formula is C17H17N3O4. The van der Waals surface area contributed by atoms with Crippen LogP contribution in [0.1, 0.15) is 10.5 Å². The molecule has 7 heteroatoms. The van der Waals surface area contributed by atoms with Crippen LogP contribution in [-0.2, 0) is 11.5 Å². The fraction of sp³-hybridized carbons (Fsp3) is 0.176. The number of hydrogen-bond donors (Lipinski definition) is 2. The van der Waals surface area contributed by atoms with E-state index in [1.165, 1.54) is 7.11 Å². The van der Waals surface area contributed by atoms with Gasteiger partial charge in [-0.1, -0.05) is 0 Å². The molecule has 124 valence electrons. The fourth-order valence-corrected chi connectivity index (χ4v) is 2.45. The lowest BCUT2D eigenvalue weighted by molar-refractivity contribution is 0.0664. The molecule has 7 nitrogen and oxygen atoms in total. The molecule has 0 fully saturated rings.